The second kappa shape index (κ2) is 2.78. The van der Waals surface area contributed by atoms with Gasteiger partial charge in [-0.2, -0.15) is 0 Å². The highest BCUT2D eigenvalue weighted by molar-refractivity contribution is 5.97. The Balaban J connectivity index is 1.84. The minimum absolute atomic E-state index is 0.171. The Morgan fingerprint density at radius 3 is 1.79 bits per heavy atom. The van der Waals surface area contributed by atoms with Crippen LogP contribution in [-0.2, 0) is 4.74 Å². The largest absolute Gasteiger partial charge is 0.351 e. The summed E-state index contributed by atoms with van der Waals surface area (Å²) >= 11 is 0. The van der Waals surface area contributed by atoms with E-state index in [2.05, 4.69) is 49.6 Å². The van der Waals surface area contributed by atoms with Gasteiger partial charge >= 0.3 is 0 Å². The molecule has 19 heavy (non-hydrogen) atoms. The van der Waals surface area contributed by atoms with Gasteiger partial charge in [0.05, 0.1) is 0 Å². The zero-order chi connectivity index (χ0) is 12.8. The first-order valence-electron chi connectivity index (χ1n) is 7.09. The van der Waals surface area contributed by atoms with Crippen molar-refractivity contribution in [3.63, 3.8) is 0 Å². The first-order chi connectivity index (χ1) is 9.22. The van der Waals surface area contributed by atoms with Gasteiger partial charge in [0.25, 0.3) is 0 Å². The summed E-state index contributed by atoms with van der Waals surface area (Å²) in [4.78, 5) is 0. The van der Waals surface area contributed by atoms with E-state index in [-0.39, 0.29) is 11.2 Å². The number of ether oxygens (including phenoxy) is 1. The zero-order valence-electron chi connectivity index (χ0n) is 10.9. The standard InChI is InChI=1S/C18H16O/c1-11-15-5-3-4-6-16(15)12(2)18-14-9-7-13(8-10-14)17(11,18)19-18/h3-7,9,13-14H,1-2,8,10H2/t13-,14-,17-,18+/m0/s1. The molecule has 1 saturated heterocycles. The number of epoxide rings is 1. The zero-order valence-corrected chi connectivity index (χ0v) is 10.9. The molecule has 1 aromatic rings. The second-order valence-electron chi connectivity index (χ2n) is 6.25. The normalized spacial score (nSPS) is 44.6. The highest BCUT2D eigenvalue weighted by Crippen LogP contribution is 2.76. The van der Waals surface area contributed by atoms with Crippen molar-refractivity contribution in [1.82, 2.24) is 0 Å². The second-order valence-corrected chi connectivity index (χ2v) is 6.25. The summed E-state index contributed by atoms with van der Waals surface area (Å²) in [6, 6.07) is 8.49. The van der Waals surface area contributed by atoms with E-state index in [9.17, 15) is 0 Å². The molecule has 1 heteroatoms. The van der Waals surface area contributed by atoms with Gasteiger partial charge in [0.2, 0.25) is 0 Å². The van der Waals surface area contributed by atoms with Crippen molar-refractivity contribution in [2.24, 2.45) is 11.8 Å². The molecule has 0 radical (unpaired) electrons. The summed E-state index contributed by atoms with van der Waals surface area (Å²) in [5.74, 6) is 0.963. The molecule has 2 fully saturated rings. The predicted molar refractivity (Wildman–Crippen MR) is 76.4 cm³/mol. The molecule has 1 aliphatic heterocycles. The molecule has 0 amide bonds. The van der Waals surface area contributed by atoms with E-state index < -0.39 is 0 Å². The molecule has 0 aromatic heterocycles. The number of fused-ring (bicyclic) bond motifs is 2. The van der Waals surface area contributed by atoms with Crippen LogP contribution in [0.2, 0.25) is 0 Å². The van der Waals surface area contributed by atoms with E-state index in [1.54, 1.807) is 0 Å². The van der Waals surface area contributed by atoms with E-state index in [0.29, 0.717) is 11.8 Å². The van der Waals surface area contributed by atoms with Crippen LogP contribution in [0, 0.1) is 11.8 Å². The number of hydrogen-bond donors (Lipinski definition) is 0. The summed E-state index contributed by atoms with van der Waals surface area (Å²) in [6.07, 6.45) is 7.15. The first kappa shape index (κ1) is 10.2. The van der Waals surface area contributed by atoms with Crippen LogP contribution in [0.3, 0.4) is 0 Å². The lowest BCUT2D eigenvalue weighted by Gasteiger charge is -2.44. The average molecular weight is 248 g/mol. The van der Waals surface area contributed by atoms with E-state index in [1.165, 1.54) is 35.1 Å². The monoisotopic (exact) mass is 248 g/mol. The minimum atomic E-state index is -0.171. The van der Waals surface area contributed by atoms with Gasteiger partial charge in [0, 0.05) is 11.8 Å². The molecule has 1 heterocycles. The molecule has 5 aliphatic rings. The number of benzene rings is 1. The van der Waals surface area contributed by atoms with Crippen LogP contribution < -0.4 is 0 Å². The molecule has 0 N–H and O–H groups in total. The lowest BCUT2D eigenvalue weighted by atomic mass is 9.54. The van der Waals surface area contributed by atoms with Crippen LogP contribution >= 0.6 is 0 Å². The fourth-order valence-electron chi connectivity index (χ4n) is 4.86. The third-order valence-electron chi connectivity index (χ3n) is 5.71. The Morgan fingerprint density at radius 1 is 0.895 bits per heavy atom. The lowest BCUT2D eigenvalue weighted by molar-refractivity contribution is 0.293. The maximum Gasteiger partial charge on any atom is 0.134 e. The molecule has 94 valence electrons. The smallest absolute Gasteiger partial charge is 0.134 e. The first-order valence-corrected chi connectivity index (χ1v) is 7.09. The van der Waals surface area contributed by atoms with Gasteiger partial charge in [0.15, 0.2) is 0 Å². The number of rotatable bonds is 0. The maximum atomic E-state index is 6.45. The Hall–Kier alpha value is -1.60. The van der Waals surface area contributed by atoms with Gasteiger partial charge in [0.1, 0.15) is 11.2 Å². The van der Waals surface area contributed by atoms with Crippen molar-refractivity contribution in [3.05, 3.63) is 60.7 Å². The predicted octanol–water partition coefficient (Wildman–Crippen LogP) is 3.83. The van der Waals surface area contributed by atoms with Gasteiger partial charge in [-0.3, -0.25) is 0 Å². The summed E-state index contributed by atoms with van der Waals surface area (Å²) < 4.78 is 6.45. The van der Waals surface area contributed by atoms with Crippen molar-refractivity contribution < 1.29 is 4.74 Å². The quantitative estimate of drug-likeness (QED) is 0.502. The molecule has 2 bridgehead atoms. The Morgan fingerprint density at radius 2 is 1.37 bits per heavy atom. The molecule has 1 nitrogen and oxygen atoms in total. The van der Waals surface area contributed by atoms with E-state index in [4.69, 9.17) is 4.74 Å². The Kier molecular flexibility index (Phi) is 1.50. The molecule has 4 atom stereocenters. The van der Waals surface area contributed by atoms with E-state index in [0.717, 1.165) is 0 Å². The van der Waals surface area contributed by atoms with Gasteiger partial charge < -0.3 is 4.74 Å². The van der Waals surface area contributed by atoms with Crippen molar-refractivity contribution in [2.45, 2.75) is 24.0 Å². The average Bonchev–Trinajstić information content (AvgIpc) is 3.22. The molecular weight excluding hydrogens is 232 g/mol. The van der Waals surface area contributed by atoms with Crippen LogP contribution in [0.15, 0.2) is 49.6 Å². The van der Waals surface area contributed by atoms with Crippen molar-refractivity contribution in [3.8, 4) is 0 Å². The van der Waals surface area contributed by atoms with Gasteiger partial charge in [-0.15, -0.1) is 0 Å². The van der Waals surface area contributed by atoms with Crippen LogP contribution in [0.1, 0.15) is 24.0 Å². The van der Waals surface area contributed by atoms with Gasteiger partial charge in [-0.05, 0) is 35.1 Å². The molecule has 0 unspecified atom stereocenters. The molecule has 0 spiro atoms. The van der Waals surface area contributed by atoms with Crippen molar-refractivity contribution in [2.75, 3.05) is 0 Å². The maximum absolute atomic E-state index is 6.45. The summed E-state index contributed by atoms with van der Waals surface area (Å²) in [6.45, 7) is 8.80. The fourth-order valence-corrected chi connectivity index (χ4v) is 4.86. The SMILES string of the molecule is C=C1c2ccccc2C(=C)[C@@]23O[C@@]12[C@H]1C=C[C@H]3CC1. The molecule has 1 saturated carbocycles. The van der Waals surface area contributed by atoms with Crippen LogP contribution in [-0.4, -0.2) is 11.2 Å². The topological polar surface area (TPSA) is 12.5 Å². The van der Waals surface area contributed by atoms with Crippen LogP contribution in [0.5, 0.6) is 0 Å². The third kappa shape index (κ3) is 0.820. The van der Waals surface area contributed by atoms with Crippen molar-refractivity contribution >= 4 is 11.1 Å². The molecule has 4 aliphatic carbocycles. The third-order valence-corrected chi connectivity index (χ3v) is 5.71. The van der Waals surface area contributed by atoms with Crippen LogP contribution in [0.25, 0.3) is 11.1 Å². The fraction of sp³-hybridized carbons (Fsp3) is 0.333. The van der Waals surface area contributed by atoms with Crippen molar-refractivity contribution in [1.29, 1.82) is 0 Å². The van der Waals surface area contributed by atoms with Crippen LogP contribution in [0.4, 0.5) is 0 Å². The van der Waals surface area contributed by atoms with Gasteiger partial charge in [-0.1, -0.05) is 49.6 Å². The summed E-state index contributed by atoms with van der Waals surface area (Å²) in [5.41, 5.74) is 4.49. The minimum Gasteiger partial charge on any atom is -0.351 e. The Bertz CT molecular complexity index is 626. The Labute approximate surface area is 113 Å². The highest BCUT2D eigenvalue weighted by atomic mass is 16.6. The summed E-state index contributed by atoms with van der Waals surface area (Å²) in [7, 11) is 0. The van der Waals surface area contributed by atoms with E-state index in [1.807, 2.05) is 0 Å². The summed E-state index contributed by atoms with van der Waals surface area (Å²) in [5, 5.41) is 0. The molecule has 6 rings (SSSR count). The number of hydrogen-bond acceptors (Lipinski definition) is 1. The van der Waals surface area contributed by atoms with E-state index >= 15 is 0 Å². The molecular formula is C18H16O. The molecule has 1 aromatic carbocycles. The van der Waals surface area contributed by atoms with Gasteiger partial charge in [-0.25, -0.2) is 0 Å². The lowest BCUT2D eigenvalue weighted by Crippen LogP contribution is -2.48. The highest BCUT2D eigenvalue weighted by Gasteiger charge is 2.82.